The third-order valence-electron chi connectivity index (χ3n) is 6.14. The van der Waals surface area contributed by atoms with Crippen molar-refractivity contribution in [3.05, 3.63) is 70.1 Å². The van der Waals surface area contributed by atoms with Crippen LogP contribution in [-0.4, -0.2) is 58.4 Å². The fourth-order valence-corrected chi connectivity index (χ4v) is 4.23. The zero-order valence-corrected chi connectivity index (χ0v) is 23.7. The summed E-state index contributed by atoms with van der Waals surface area (Å²) in [6.07, 6.45) is 5.72. The average Bonchev–Trinajstić information content (AvgIpc) is 3.27. The monoisotopic (exact) mass is 506 g/mol. The van der Waals surface area contributed by atoms with Crippen molar-refractivity contribution in [2.24, 2.45) is 11.5 Å². The second kappa shape index (κ2) is 13.3. The number of nitrogens with two attached hydrogens (primary N) is 2. The fourth-order valence-electron chi connectivity index (χ4n) is 4.23. The largest absolute Gasteiger partial charge is 1.00 e. The molecule has 7 N–H and O–H groups in total. The summed E-state index contributed by atoms with van der Waals surface area (Å²) in [5.41, 5.74) is 14.5. The van der Waals surface area contributed by atoms with E-state index < -0.39 is 0 Å². The number of halogens is 1. The number of piperidine rings is 1. The van der Waals surface area contributed by atoms with Crippen LogP contribution in [0.3, 0.4) is 0 Å². The van der Waals surface area contributed by atoms with E-state index in [-0.39, 0.29) is 81.4 Å². The second-order valence-corrected chi connectivity index (χ2v) is 8.23. The molecule has 35 heavy (non-hydrogen) atoms. The van der Waals surface area contributed by atoms with E-state index in [2.05, 4.69) is 5.32 Å². The van der Waals surface area contributed by atoms with Gasteiger partial charge in [0.05, 0.1) is 12.3 Å². The molecule has 0 saturated carbocycles. The van der Waals surface area contributed by atoms with Crippen LogP contribution in [0.1, 0.15) is 30.1 Å². The minimum Gasteiger partial charge on any atom is -0.494 e. The molecule has 0 aliphatic carbocycles. The number of aryl methyl sites for hydroxylation is 1. The number of hydrogen-bond acceptors (Lipinski definition) is 6. The standard InChI is InChI=1S/C24H32FN8O.K/c1-15-11-17(3-4-19(15)25)20-14-33(9-10-34)24(31-20)16-5-7-32(8-6-16)23(29)21(22(28)30-2)18(12-26)13-27;/h3-4,11-14,16,26,29,34H,5-10,27-28H2,1-2H3;/q-1;+1/b18-13+,22-21-,26-12?,29-23?;. The van der Waals surface area contributed by atoms with Crippen LogP contribution in [0.25, 0.3) is 16.6 Å². The topological polar surface area (TPSA) is 155 Å². The molecule has 11 heteroatoms. The molecule has 2 aromatic rings. The number of aromatic nitrogens is 2. The maximum atomic E-state index is 13.7. The zero-order chi connectivity index (χ0) is 24.8. The molecule has 2 heterocycles. The van der Waals surface area contributed by atoms with Gasteiger partial charge in [0.25, 0.3) is 0 Å². The summed E-state index contributed by atoms with van der Waals surface area (Å²) in [6.45, 7) is 3.32. The normalized spacial score (nSPS) is 15.3. The number of aliphatic hydroxyl groups is 1. The Morgan fingerprint density at radius 3 is 2.57 bits per heavy atom. The van der Waals surface area contributed by atoms with Gasteiger partial charge in [0.2, 0.25) is 0 Å². The molecule has 0 unspecified atom stereocenters. The molecule has 0 atom stereocenters. The maximum absolute atomic E-state index is 13.7. The number of aliphatic hydroxyl groups excluding tert-OH is 1. The van der Waals surface area contributed by atoms with E-state index >= 15 is 0 Å². The third kappa shape index (κ3) is 6.60. The van der Waals surface area contributed by atoms with Gasteiger partial charge in [-0.15, -0.1) is 0 Å². The number of benzene rings is 1. The summed E-state index contributed by atoms with van der Waals surface area (Å²) in [6, 6.07) is 4.93. The van der Waals surface area contributed by atoms with Crippen molar-refractivity contribution in [2.45, 2.75) is 32.2 Å². The Balaban J connectivity index is 0.00000432. The molecular weight excluding hydrogens is 474 g/mol. The van der Waals surface area contributed by atoms with Gasteiger partial charge in [-0.25, -0.2) is 9.37 Å². The number of amidine groups is 1. The number of likely N-dealkylation sites (tertiary alicyclic amines) is 1. The van der Waals surface area contributed by atoms with Crippen molar-refractivity contribution in [3.8, 4) is 11.3 Å². The average molecular weight is 507 g/mol. The van der Waals surface area contributed by atoms with Crippen LogP contribution in [0.4, 0.5) is 4.39 Å². The van der Waals surface area contributed by atoms with Gasteiger partial charge in [-0.1, -0.05) is 12.9 Å². The molecule has 9 nitrogen and oxygen atoms in total. The van der Waals surface area contributed by atoms with Crippen LogP contribution in [0.15, 0.2) is 47.6 Å². The molecule has 0 amide bonds. The van der Waals surface area contributed by atoms with Crippen LogP contribution < -0.4 is 62.9 Å². The molecule has 0 spiro atoms. The number of nitrogens with zero attached hydrogens (tertiary/aromatic N) is 4. The van der Waals surface area contributed by atoms with Crippen molar-refractivity contribution < 1.29 is 60.9 Å². The smallest absolute Gasteiger partial charge is 0.494 e. The minimum absolute atomic E-state index is 0. The predicted molar refractivity (Wildman–Crippen MR) is 132 cm³/mol. The van der Waals surface area contributed by atoms with Crippen LogP contribution in [0, 0.1) is 23.6 Å². The van der Waals surface area contributed by atoms with Crippen molar-refractivity contribution in [1.29, 1.82) is 10.8 Å². The zero-order valence-electron chi connectivity index (χ0n) is 20.6. The summed E-state index contributed by atoms with van der Waals surface area (Å²) in [5, 5.41) is 29.8. The van der Waals surface area contributed by atoms with E-state index in [9.17, 15) is 9.50 Å². The second-order valence-electron chi connectivity index (χ2n) is 8.23. The van der Waals surface area contributed by atoms with Gasteiger partial charge in [0.1, 0.15) is 17.5 Å². The van der Waals surface area contributed by atoms with Gasteiger partial charge in [0, 0.05) is 60.9 Å². The quantitative estimate of drug-likeness (QED) is 0.145. The molecular formula is C24H32FKN8O. The van der Waals surface area contributed by atoms with Gasteiger partial charge >= 0.3 is 51.4 Å². The van der Waals surface area contributed by atoms with Crippen LogP contribution in [0.2, 0.25) is 0 Å². The van der Waals surface area contributed by atoms with E-state index in [0.29, 0.717) is 36.3 Å². The third-order valence-corrected chi connectivity index (χ3v) is 6.14. The Bertz CT molecular complexity index is 1120. The molecule has 1 aliphatic heterocycles. The van der Waals surface area contributed by atoms with Gasteiger partial charge in [-0.2, -0.15) is 0 Å². The first-order chi connectivity index (χ1) is 16.3. The molecule has 0 bridgehead atoms. The molecule has 1 aromatic carbocycles. The number of hydrogen-bond donors (Lipinski definition) is 5. The van der Waals surface area contributed by atoms with E-state index in [1.807, 2.05) is 15.7 Å². The summed E-state index contributed by atoms with van der Waals surface area (Å²) in [4.78, 5) is 6.76. The summed E-state index contributed by atoms with van der Waals surface area (Å²) >= 11 is 0. The molecule has 1 aliphatic rings. The molecule has 182 valence electrons. The van der Waals surface area contributed by atoms with Gasteiger partial charge in [-0.3, -0.25) is 5.41 Å². The van der Waals surface area contributed by atoms with Crippen LogP contribution in [-0.2, 0) is 6.54 Å². The number of imidazole rings is 1. The van der Waals surface area contributed by atoms with Crippen LogP contribution in [0.5, 0.6) is 0 Å². The number of rotatable bonds is 8. The summed E-state index contributed by atoms with van der Waals surface area (Å²) in [7, 11) is 1.54. The Morgan fingerprint density at radius 1 is 1.34 bits per heavy atom. The first-order valence-electron chi connectivity index (χ1n) is 11.1. The maximum Gasteiger partial charge on any atom is 1.00 e. The fraction of sp³-hybridized carbons (Fsp3) is 0.375. The summed E-state index contributed by atoms with van der Waals surface area (Å²) in [5.74, 6) is 1.10. The Hall–Kier alpha value is -2.02. The van der Waals surface area contributed by atoms with Crippen molar-refractivity contribution in [1.82, 2.24) is 14.5 Å². The van der Waals surface area contributed by atoms with Crippen LogP contribution >= 0.6 is 0 Å². The predicted octanol–water partition coefficient (Wildman–Crippen LogP) is -0.183. The van der Waals surface area contributed by atoms with Gasteiger partial charge < -0.3 is 36.8 Å². The first kappa shape index (κ1) is 29.2. The SMILES string of the molecule is C[N-]/C(N)=C(C(=N)N1CCC(c2nc(-c3ccc(F)c(C)c3)cn2CCO)CC1)/C(C=N)=C/N.[K+]. The Morgan fingerprint density at radius 2 is 2.03 bits per heavy atom. The number of nitrogens with one attached hydrogen (secondary N) is 2. The van der Waals surface area contributed by atoms with E-state index in [0.717, 1.165) is 36.1 Å². The molecule has 1 fully saturated rings. The van der Waals surface area contributed by atoms with Gasteiger partial charge in [-0.05, 0) is 43.5 Å². The molecule has 1 saturated heterocycles. The molecule has 1 aromatic heterocycles. The van der Waals surface area contributed by atoms with Gasteiger partial charge in [0.15, 0.2) is 0 Å². The van der Waals surface area contributed by atoms with E-state index in [4.69, 9.17) is 27.3 Å². The van der Waals surface area contributed by atoms with Crippen molar-refractivity contribution in [3.63, 3.8) is 0 Å². The molecule has 3 rings (SSSR count). The Kier molecular flexibility index (Phi) is 11.1. The van der Waals surface area contributed by atoms with E-state index in [1.54, 1.807) is 19.1 Å². The minimum atomic E-state index is -0.255. The van der Waals surface area contributed by atoms with Crippen molar-refractivity contribution >= 4 is 12.1 Å². The first-order valence-corrected chi connectivity index (χ1v) is 11.1. The Labute approximate surface area is 247 Å². The van der Waals surface area contributed by atoms with Crippen molar-refractivity contribution in [2.75, 3.05) is 26.7 Å². The van der Waals surface area contributed by atoms with E-state index in [1.165, 1.54) is 19.3 Å². The summed E-state index contributed by atoms with van der Waals surface area (Å²) < 4.78 is 15.7. The molecule has 0 radical (unpaired) electrons.